The average Bonchev–Trinajstić information content (AvgIpc) is 2.75. The maximum absolute atomic E-state index is 4.30. The van der Waals surface area contributed by atoms with Crippen LogP contribution in [0.15, 0.2) is 24.8 Å². The van der Waals surface area contributed by atoms with E-state index in [0.717, 1.165) is 23.8 Å². The van der Waals surface area contributed by atoms with Gasteiger partial charge in [-0.3, -0.25) is 0 Å². The van der Waals surface area contributed by atoms with E-state index in [1.165, 1.54) is 6.33 Å². The highest BCUT2D eigenvalue weighted by Gasteiger charge is 2.10. The Hall–Kier alpha value is -1.75. The SMILES string of the molecule is CC(C)(C)NCc1cnc(-c2ccncn2)[nH]1. The van der Waals surface area contributed by atoms with E-state index in [4.69, 9.17) is 0 Å². The van der Waals surface area contributed by atoms with Crippen LogP contribution in [0.25, 0.3) is 11.5 Å². The number of hydrogen-bond acceptors (Lipinski definition) is 4. The molecule has 2 rings (SSSR count). The molecule has 0 unspecified atom stereocenters. The van der Waals surface area contributed by atoms with Crippen molar-refractivity contribution < 1.29 is 0 Å². The summed E-state index contributed by atoms with van der Waals surface area (Å²) in [5.74, 6) is 0.776. The van der Waals surface area contributed by atoms with E-state index in [-0.39, 0.29) is 5.54 Å². The van der Waals surface area contributed by atoms with Gasteiger partial charge in [0.05, 0.1) is 6.20 Å². The largest absolute Gasteiger partial charge is 0.339 e. The van der Waals surface area contributed by atoms with Crippen LogP contribution in [-0.2, 0) is 6.54 Å². The molecule has 0 saturated carbocycles. The fourth-order valence-corrected chi connectivity index (χ4v) is 1.37. The summed E-state index contributed by atoms with van der Waals surface area (Å²) in [7, 11) is 0. The molecule has 0 aliphatic carbocycles. The van der Waals surface area contributed by atoms with Gasteiger partial charge >= 0.3 is 0 Å². The normalized spacial score (nSPS) is 11.7. The van der Waals surface area contributed by atoms with Gasteiger partial charge in [-0.1, -0.05) is 0 Å². The first-order valence-corrected chi connectivity index (χ1v) is 5.60. The number of rotatable bonds is 3. The maximum Gasteiger partial charge on any atom is 0.156 e. The number of nitrogens with zero attached hydrogens (tertiary/aromatic N) is 3. The van der Waals surface area contributed by atoms with Crippen LogP contribution < -0.4 is 5.32 Å². The summed E-state index contributed by atoms with van der Waals surface area (Å²) in [6.45, 7) is 7.17. The number of nitrogens with one attached hydrogen (secondary N) is 2. The smallest absolute Gasteiger partial charge is 0.156 e. The van der Waals surface area contributed by atoms with Gasteiger partial charge in [0.15, 0.2) is 5.82 Å². The molecule has 0 amide bonds. The quantitative estimate of drug-likeness (QED) is 0.844. The third-order valence-electron chi connectivity index (χ3n) is 2.26. The Morgan fingerprint density at radius 3 is 2.76 bits per heavy atom. The standard InChI is InChI=1S/C12H17N5/c1-12(2,3)16-7-9-6-14-11(17-9)10-4-5-13-8-15-10/h4-6,8,16H,7H2,1-3H3,(H,14,17). The van der Waals surface area contributed by atoms with Gasteiger partial charge in [-0.15, -0.1) is 0 Å². The molecule has 90 valence electrons. The molecule has 2 N–H and O–H groups in total. The molecule has 0 fully saturated rings. The Balaban J connectivity index is 2.07. The van der Waals surface area contributed by atoms with Crippen molar-refractivity contribution in [1.29, 1.82) is 0 Å². The van der Waals surface area contributed by atoms with Crippen molar-refractivity contribution in [2.75, 3.05) is 0 Å². The number of aromatic nitrogens is 4. The Morgan fingerprint density at radius 1 is 1.29 bits per heavy atom. The minimum absolute atomic E-state index is 0.0974. The Kier molecular flexibility index (Phi) is 3.19. The molecule has 0 spiro atoms. The van der Waals surface area contributed by atoms with Crippen LogP contribution in [0.2, 0.25) is 0 Å². The van der Waals surface area contributed by atoms with Crippen molar-refractivity contribution >= 4 is 0 Å². The van der Waals surface area contributed by atoms with Crippen LogP contribution in [0.3, 0.4) is 0 Å². The zero-order valence-corrected chi connectivity index (χ0v) is 10.4. The van der Waals surface area contributed by atoms with Crippen LogP contribution in [-0.4, -0.2) is 25.5 Å². The van der Waals surface area contributed by atoms with Crippen LogP contribution in [0.1, 0.15) is 26.5 Å². The van der Waals surface area contributed by atoms with Crippen LogP contribution in [0.5, 0.6) is 0 Å². The summed E-state index contributed by atoms with van der Waals surface area (Å²) >= 11 is 0. The molecular weight excluding hydrogens is 214 g/mol. The van der Waals surface area contributed by atoms with Crippen molar-refractivity contribution in [2.24, 2.45) is 0 Å². The Morgan fingerprint density at radius 2 is 2.12 bits per heavy atom. The fourth-order valence-electron chi connectivity index (χ4n) is 1.37. The fraction of sp³-hybridized carbons (Fsp3) is 0.417. The third-order valence-corrected chi connectivity index (χ3v) is 2.26. The van der Waals surface area contributed by atoms with E-state index in [2.05, 4.69) is 46.0 Å². The monoisotopic (exact) mass is 231 g/mol. The molecule has 2 heterocycles. The lowest BCUT2D eigenvalue weighted by Crippen LogP contribution is -2.35. The summed E-state index contributed by atoms with van der Waals surface area (Å²) < 4.78 is 0. The van der Waals surface area contributed by atoms with Crippen molar-refractivity contribution in [3.05, 3.63) is 30.5 Å². The van der Waals surface area contributed by atoms with Crippen molar-refractivity contribution in [3.8, 4) is 11.5 Å². The summed E-state index contributed by atoms with van der Waals surface area (Å²) in [6.07, 6.45) is 5.05. The lowest BCUT2D eigenvalue weighted by atomic mass is 10.1. The van der Waals surface area contributed by atoms with Gasteiger partial charge in [0.2, 0.25) is 0 Å². The van der Waals surface area contributed by atoms with Gasteiger partial charge in [-0.2, -0.15) is 0 Å². The number of hydrogen-bond donors (Lipinski definition) is 2. The first-order valence-electron chi connectivity index (χ1n) is 5.60. The topological polar surface area (TPSA) is 66.5 Å². The van der Waals surface area contributed by atoms with E-state index in [0.29, 0.717) is 0 Å². The molecule has 0 saturated heterocycles. The zero-order valence-electron chi connectivity index (χ0n) is 10.4. The summed E-state index contributed by atoms with van der Waals surface area (Å²) in [5, 5.41) is 3.40. The predicted octanol–water partition coefficient (Wildman–Crippen LogP) is 1.75. The molecule has 5 heteroatoms. The van der Waals surface area contributed by atoms with Gasteiger partial charge in [-0.05, 0) is 26.8 Å². The third kappa shape index (κ3) is 3.35. The van der Waals surface area contributed by atoms with Gasteiger partial charge < -0.3 is 10.3 Å². The molecule has 0 bridgehead atoms. The van der Waals surface area contributed by atoms with Crippen molar-refractivity contribution in [1.82, 2.24) is 25.3 Å². The van der Waals surface area contributed by atoms with E-state index in [1.54, 1.807) is 6.20 Å². The van der Waals surface area contributed by atoms with Gasteiger partial charge in [0.25, 0.3) is 0 Å². The maximum atomic E-state index is 4.30. The molecule has 2 aromatic rings. The van der Waals surface area contributed by atoms with Crippen molar-refractivity contribution in [2.45, 2.75) is 32.9 Å². The molecule has 0 aliphatic heterocycles. The van der Waals surface area contributed by atoms with E-state index in [1.807, 2.05) is 12.3 Å². The molecule has 5 nitrogen and oxygen atoms in total. The first kappa shape index (κ1) is 11.7. The molecule has 2 aromatic heterocycles. The van der Waals surface area contributed by atoms with E-state index >= 15 is 0 Å². The average molecular weight is 231 g/mol. The van der Waals surface area contributed by atoms with Gasteiger partial charge in [0.1, 0.15) is 12.0 Å². The van der Waals surface area contributed by atoms with Crippen LogP contribution in [0, 0.1) is 0 Å². The first-order chi connectivity index (χ1) is 8.04. The molecular formula is C12H17N5. The molecule has 0 atom stereocenters. The van der Waals surface area contributed by atoms with Gasteiger partial charge in [0, 0.05) is 24.0 Å². The number of H-pyrrole nitrogens is 1. The second-order valence-electron chi connectivity index (χ2n) is 4.96. The molecule has 17 heavy (non-hydrogen) atoms. The van der Waals surface area contributed by atoms with E-state index < -0.39 is 0 Å². The summed E-state index contributed by atoms with van der Waals surface area (Å²) in [5.41, 5.74) is 1.95. The second kappa shape index (κ2) is 4.63. The van der Waals surface area contributed by atoms with Crippen molar-refractivity contribution in [3.63, 3.8) is 0 Å². The molecule has 0 aliphatic rings. The predicted molar refractivity (Wildman–Crippen MR) is 66.2 cm³/mol. The lowest BCUT2D eigenvalue weighted by molar-refractivity contribution is 0.422. The minimum Gasteiger partial charge on any atom is -0.339 e. The number of aromatic amines is 1. The highest BCUT2D eigenvalue weighted by atomic mass is 15.0. The zero-order chi connectivity index (χ0) is 12.3. The van der Waals surface area contributed by atoms with Crippen LogP contribution in [0.4, 0.5) is 0 Å². The molecule has 0 aromatic carbocycles. The highest BCUT2D eigenvalue weighted by molar-refractivity contribution is 5.47. The molecule has 0 radical (unpaired) electrons. The lowest BCUT2D eigenvalue weighted by Gasteiger charge is -2.19. The van der Waals surface area contributed by atoms with Crippen LogP contribution >= 0.6 is 0 Å². The minimum atomic E-state index is 0.0974. The number of imidazole rings is 1. The second-order valence-corrected chi connectivity index (χ2v) is 4.96. The Bertz CT molecular complexity index is 469. The summed E-state index contributed by atoms with van der Waals surface area (Å²) in [6, 6.07) is 1.83. The Labute approximate surface area is 101 Å². The highest BCUT2D eigenvalue weighted by Crippen LogP contribution is 2.11. The summed E-state index contributed by atoms with van der Waals surface area (Å²) in [4.78, 5) is 15.6. The van der Waals surface area contributed by atoms with Gasteiger partial charge in [-0.25, -0.2) is 15.0 Å². The van der Waals surface area contributed by atoms with E-state index in [9.17, 15) is 0 Å².